The van der Waals surface area contributed by atoms with E-state index in [0.717, 1.165) is 38.9 Å². The number of anilines is 1. The summed E-state index contributed by atoms with van der Waals surface area (Å²) in [5.74, 6) is 1.86. The predicted molar refractivity (Wildman–Crippen MR) is 139 cm³/mol. The molecule has 0 atom stereocenters. The van der Waals surface area contributed by atoms with Gasteiger partial charge in [0.05, 0.1) is 27.1 Å². The molecule has 1 aromatic heterocycles. The smallest absolute Gasteiger partial charge is 0.248 e. The number of allylic oxidation sites excluding steroid dienone is 1. The van der Waals surface area contributed by atoms with Gasteiger partial charge in [0, 0.05) is 39.9 Å². The number of nitrogens with one attached hydrogen (secondary N) is 1. The van der Waals surface area contributed by atoms with E-state index in [1.54, 1.807) is 26.6 Å². The molecule has 0 fully saturated rings. The molecule has 6 nitrogen and oxygen atoms in total. The number of hydrogen-bond acceptors (Lipinski definition) is 5. The van der Waals surface area contributed by atoms with Gasteiger partial charge in [-0.05, 0) is 62.2 Å². The van der Waals surface area contributed by atoms with Crippen LogP contribution in [0.25, 0.3) is 27.7 Å². The second-order valence-electron chi connectivity index (χ2n) is 8.12. The average Bonchev–Trinajstić information content (AvgIpc) is 3.27. The molecule has 3 aromatic carbocycles. The van der Waals surface area contributed by atoms with Crippen LogP contribution in [-0.2, 0) is 4.79 Å². The molecule has 0 unspecified atom stereocenters. The molecule has 0 saturated carbocycles. The van der Waals surface area contributed by atoms with Crippen LogP contribution in [0.4, 0.5) is 5.69 Å². The van der Waals surface area contributed by atoms with Gasteiger partial charge in [0.1, 0.15) is 22.8 Å². The summed E-state index contributed by atoms with van der Waals surface area (Å²) in [5, 5.41) is 3.83. The summed E-state index contributed by atoms with van der Waals surface area (Å²) < 4.78 is 22.8. The van der Waals surface area contributed by atoms with Crippen molar-refractivity contribution in [2.24, 2.45) is 0 Å². The number of amides is 1. The standard InChI is InChI=1S/C29H29NO5/c1-6-34-27-16-28-23(24(17-35-28)22-14-20(32-4)11-12-26(22)33-5)15-21(27)19(3)13-29(31)30-25-10-8-7-9-18(25)2/h7-17H,6H2,1-5H3,(H,30,31)/b19-13+. The molecule has 0 saturated heterocycles. The minimum Gasteiger partial charge on any atom is -0.497 e. The van der Waals surface area contributed by atoms with Gasteiger partial charge in [-0.15, -0.1) is 0 Å². The van der Waals surface area contributed by atoms with Gasteiger partial charge >= 0.3 is 0 Å². The molecule has 1 N–H and O–H groups in total. The lowest BCUT2D eigenvalue weighted by Crippen LogP contribution is -2.09. The van der Waals surface area contributed by atoms with E-state index in [4.69, 9.17) is 18.6 Å². The molecule has 4 aromatic rings. The first-order valence-electron chi connectivity index (χ1n) is 11.4. The minimum absolute atomic E-state index is 0.207. The monoisotopic (exact) mass is 471 g/mol. The molecular weight excluding hydrogens is 442 g/mol. The Bertz CT molecular complexity index is 1400. The third-order valence-corrected chi connectivity index (χ3v) is 5.85. The van der Waals surface area contributed by atoms with Crippen molar-refractivity contribution in [2.75, 3.05) is 26.1 Å². The number of hydrogen-bond donors (Lipinski definition) is 1. The number of ether oxygens (including phenoxy) is 3. The Labute approximate surface area is 205 Å². The highest BCUT2D eigenvalue weighted by molar-refractivity contribution is 6.05. The zero-order valence-electron chi connectivity index (χ0n) is 20.6. The normalized spacial score (nSPS) is 11.4. The summed E-state index contributed by atoms with van der Waals surface area (Å²) in [7, 11) is 3.26. The van der Waals surface area contributed by atoms with E-state index < -0.39 is 0 Å². The van der Waals surface area contributed by atoms with Gasteiger partial charge in [0.2, 0.25) is 5.91 Å². The number of benzene rings is 3. The largest absolute Gasteiger partial charge is 0.497 e. The molecular formula is C29H29NO5. The number of aryl methyl sites for hydroxylation is 1. The van der Waals surface area contributed by atoms with Crippen LogP contribution < -0.4 is 19.5 Å². The van der Waals surface area contributed by atoms with Crippen LogP contribution in [-0.4, -0.2) is 26.7 Å². The van der Waals surface area contributed by atoms with Gasteiger partial charge in [0.25, 0.3) is 0 Å². The summed E-state index contributed by atoms with van der Waals surface area (Å²) in [6.45, 7) is 6.26. The quantitative estimate of drug-likeness (QED) is 0.284. The van der Waals surface area contributed by atoms with Crippen molar-refractivity contribution in [3.8, 4) is 28.4 Å². The Hall–Kier alpha value is -4.19. The van der Waals surface area contributed by atoms with Crippen molar-refractivity contribution in [3.63, 3.8) is 0 Å². The minimum atomic E-state index is -0.207. The van der Waals surface area contributed by atoms with E-state index in [1.807, 2.05) is 75.4 Å². The molecule has 0 aliphatic carbocycles. The summed E-state index contributed by atoms with van der Waals surface area (Å²) in [4.78, 5) is 12.8. The Balaban J connectivity index is 1.79. The summed E-state index contributed by atoms with van der Waals surface area (Å²) in [6, 6.07) is 17.2. The maximum atomic E-state index is 12.8. The summed E-state index contributed by atoms with van der Waals surface area (Å²) in [6.07, 6.45) is 3.29. The molecule has 35 heavy (non-hydrogen) atoms. The first-order chi connectivity index (χ1) is 16.9. The van der Waals surface area contributed by atoms with Gasteiger partial charge in [0.15, 0.2) is 0 Å². The van der Waals surface area contributed by atoms with E-state index >= 15 is 0 Å². The number of fused-ring (bicyclic) bond motifs is 1. The Morgan fingerprint density at radius 1 is 1.00 bits per heavy atom. The third-order valence-electron chi connectivity index (χ3n) is 5.85. The molecule has 0 aliphatic heterocycles. The average molecular weight is 472 g/mol. The fraction of sp³-hybridized carbons (Fsp3) is 0.207. The molecule has 0 aliphatic rings. The first-order valence-corrected chi connectivity index (χ1v) is 11.4. The third kappa shape index (κ3) is 5.01. The fourth-order valence-corrected chi connectivity index (χ4v) is 4.03. The van der Waals surface area contributed by atoms with E-state index in [2.05, 4.69) is 5.32 Å². The van der Waals surface area contributed by atoms with E-state index in [-0.39, 0.29) is 5.91 Å². The van der Waals surface area contributed by atoms with Crippen LogP contribution in [0.5, 0.6) is 17.2 Å². The van der Waals surface area contributed by atoms with Gasteiger partial charge in [-0.25, -0.2) is 0 Å². The van der Waals surface area contributed by atoms with Gasteiger partial charge < -0.3 is 23.9 Å². The van der Waals surface area contributed by atoms with Crippen molar-refractivity contribution in [2.45, 2.75) is 20.8 Å². The molecule has 0 spiro atoms. The molecule has 1 amide bonds. The molecule has 4 rings (SSSR count). The van der Waals surface area contributed by atoms with Crippen molar-refractivity contribution >= 4 is 28.1 Å². The second-order valence-corrected chi connectivity index (χ2v) is 8.12. The Kier molecular flexibility index (Phi) is 7.11. The van der Waals surface area contributed by atoms with Crippen LogP contribution in [0.1, 0.15) is 25.0 Å². The second kappa shape index (κ2) is 10.4. The topological polar surface area (TPSA) is 69.9 Å². The van der Waals surface area contributed by atoms with Gasteiger partial charge in [-0.2, -0.15) is 0 Å². The molecule has 0 radical (unpaired) electrons. The van der Waals surface area contributed by atoms with Crippen molar-refractivity contribution in [1.82, 2.24) is 0 Å². The Morgan fingerprint density at radius 3 is 2.51 bits per heavy atom. The maximum Gasteiger partial charge on any atom is 0.248 e. The molecule has 0 bridgehead atoms. The van der Waals surface area contributed by atoms with Crippen molar-refractivity contribution in [1.29, 1.82) is 0 Å². The highest BCUT2D eigenvalue weighted by atomic mass is 16.5. The number of methoxy groups -OCH3 is 2. The number of carbonyl (C=O) groups excluding carboxylic acids is 1. The van der Waals surface area contributed by atoms with Crippen molar-refractivity contribution < 1.29 is 23.4 Å². The molecule has 180 valence electrons. The van der Waals surface area contributed by atoms with Crippen molar-refractivity contribution in [3.05, 3.63) is 78.1 Å². The summed E-state index contributed by atoms with van der Waals surface area (Å²) >= 11 is 0. The van der Waals surface area contributed by atoms with E-state index in [1.165, 1.54) is 0 Å². The zero-order chi connectivity index (χ0) is 24.9. The van der Waals surface area contributed by atoms with Crippen LogP contribution in [0.2, 0.25) is 0 Å². The number of carbonyl (C=O) groups is 1. The van der Waals surface area contributed by atoms with Crippen LogP contribution in [0.3, 0.4) is 0 Å². The lowest BCUT2D eigenvalue weighted by atomic mass is 9.98. The first kappa shape index (κ1) is 24.0. The number of rotatable bonds is 8. The van der Waals surface area contributed by atoms with E-state index in [9.17, 15) is 4.79 Å². The Morgan fingerprint density at radius 2 is 1.80 bits per heavy atom. The SMILES string of the molecule is CCOc1cc2occ(-c3cc(OC)ccc3OC)c2cc1/C(C)=C/C(=O)Nc1ccccc1C. The van der Waals surface area contributed by atoms with Crippen LogP contribution >= 0.6 is 0 Å². The number of furan rings is 1. The molecule has 1 heterocycles. The van der Waals surface area contributed by atoms with Gasteiger partial charge in [-0.1, -0.05) is 18.2 Å². The van der Waals surface area contributed by atoms with Gasteiger partial charge in [-0.3, -0.25) is 4.79 Å². The highest BCUT2D eigenvalue weighted by Gasteiger charge is 2.18. The lowest BCUT2D eigenvalue weighted by Gasteiger charge is -2.13. The highest BCUT2D eigenvalue weighted by Crippen LogP contribution is 2.41. The maximum absolute atomic E-state index is 12.8. The fourth-order valence-electron chi connectivity index (χ4n) is 4.03. The predicted octanol–water partition coefficient (Wildman–Crippen LogP) is 6.87. The van der Waals surface area contributed by atoms with E-state index in [0.29, 0.717) is 29.4 Å². The van der Waals surface area contributed by atoms with Crippen LogP contribution in [0, 0.1) is 6.92 Å². The zero-order valence-corrected chi connectivity index (χ0v) is 20.6. The molecule has 6 heteroatoms. The summed E-state index contributed by atoms with van der Waals surface area (Å²) in [5.41, 5.74) is 5.74. The van der Waals surface area contributed by atoms with Crippen LogP contribution in [0.15, 0.2) is 71.4 Å². The number of para-hydroxylation sites is 1. The lowest BCUT2D eigenvalue weighted by molar-refractivity contribution is -0.111.